The second-order valence-corrected chi connectivity index (χ2v) is 5.67. The van der Waals surface area contributed by atoms with Gasteiger partial charge in [-0.1, -0.05) is 22.9 Å². The van der Waals surface area contributed by atoms with Crippen molar-refractivity contribution in [3.05, 3.63) is 46.2 Å². The van der Waals surface area contributed by atoms with E-state index < -0.39 is 17.7 Å². The summed E-state index contributed by atoms with van der Waals surface area (Å²) in [6.45, 7) is 1.90. The quantitative estimate of drug-likeness (QED) is 0.833. The topological polar surface area (TPSA) is 53.1 Å². The Kier molecular flexibility index (Phi) is 4.95. The van der Waals surface area contributed by atoms with Crippen LogP contribution in [0.1, 0.15) is 25.0 Å². The molecule has 0 spiro atoms. The molecule has 0 bridgehead atoms. The van der Waals surface area contributed by atoms with Crippen LogP contribution in [0.15, 0.2) is 29.0 Å². The van der Waals surface area contributed by atoms with Gasteiger partial charge in [-0.3, -0.25) is 4.68 Å². The first-order valence-corrected chi connectivity index (χ1v) is 7.27. The highest BCUT2D eigenvalue weighted by Crippen LogP contribution is 2.31. The molecule has 2 atom stereocenters. The van der Waals surface area contributed by atoms with Crippen LogP contribution < -0.4 is 10.5 Å². The number of aromatic nitrogens is 2. The molecule has 7 heteroatoms. The smallest absolute Gasteiger partial charge is 0.200 e. The zero-order valence-electron chi connectivity index (χ0n) is 11.7. The number of nitrogens with two attached hydrogens (primary N) is 1. The summed E-state index contributed by atoms with van der Waals surface area (Å²) in [6, 6.07) is 2.06. The van der Waals surface area contributed by atoms with E-state index in [9.17, 15) is 8.78 Å². The average molecular weight is 360 g/mol. The maximum absolute atomic E-state index is 13.8. The molecule has 0 saturated carbocycles. The molecule has 0 amide bonds. The number of hydrogen-bond acceptors (Lipinski definition) is 3. The first kappa shape index (κ1) is 15.9. The maximum atomic E-state index is 13.8. The lowest BCUT2D eigenvalue weighted by molar-refractivity contribution is 0.162. The van der Waals surface area contributed by atoms with Crippen LogP contribution in [-0.2, 0) is 7.05 Å². The standard InChI is InChI=1S/C14H16BrF2N3O/c1-3-11(18)14(8-6-19-20(2)7-8)21-12-5-9(15)4-10(16)13(12)17/h4-7,11,14H,3,18H2,1-2H3. The van der Waals surface area contributed by atoms with Crippen LogP contribution in [0.2, 0.25) is 0 Å². The Balaban J connectivity index is 2.36. The van der Waals surface area contributed by atoms with Gasteiger partial charge in [0.15, 0.2) is 11.6 Å². The first-order valence-electron chi connectivity index (χ1n) is 6.47. The van der Waals surface area contributed by atoms with Gasteiger partial charge >= 0.3 is 0 Å². The minimum Gasteiger partial charge on any atom is -0.481 e. The summed E-state index contributed by atoms with van der Waals surface area (Å²) in [4.78, 5) is 0. The maximum Gasteiger partial charge on any atom is 0.200 e. The molecule has 0 radical (unpaired) electrons. The van der Waals surface area contributed by atoms with Gasteiger partial charge in [-0.05, 0) is 18.6 Å². The molecule has 1 aromatic carbocycles. The first-order chi connectivity index (χ1) is 9.92. The molecule has 2 unspecified atom stereocenters. The minimum absolute atomic E-state index is 0.181. The summed E-state index contributed by atoms with van der Waals surface area (Å²) >= 11 is 3.12. The van der Waals surface area contributed by atoms with Gasteiger partial charge in [0.2, 0.25) is 5.82 Å². The van der Waals surface area contributed by atoms with E-state index in [4.69, 9.17) is 10.5 Å². The van der Waals surface area contributed by atoms with Gasteiger partial charge in [0.1, 0.15) is 6.10 Å². The van der Waals surface area contributed by atoms with E-state index in [1.807, 2.05) is 6.92 Å². The number of halogens is 3. The highest BCUT2D eigenvalue weighted by molar-refractivity contribution is 9.10. The zero-order chi connectivity index (χ0) is 15.6. The van der Waals surface area contributed by atoms with Gasteiger partial charge in [-0.25, -0.2) is 4.39 Å². The van der Waals surface area contributed by atoms with Crippen LogP contribution in [0, 0.1) is 11.6 Å². The fourth-order valence-corrected chi connectivity index (χ4v) is 2.37. The molecule has 21 heavy (non-hydrogen) atoms. The van der Waals surface area contributed by atoms with Crippen molar-refractivity contribution in [2.24, 2.45) is 12.8 Å². The fourth-order valence-electron chi connectivity index (χ4n) is 1.96. The van der Waals surface area contributed by atoms with Gasteiger partial charge in [0.25, 0.3) is 0 Å². The predicted molar refractivity (Wildman–Crippen MR) is 78.9 cm³/mol. The fraction of sp³-hybridized carbons (Fsp3) is 0.357. The molecule has 1 heterocycles. The van der Waals surface area contributed by atoms with Crippen LogP contribution in [0.25, 0.3) is 0 Å². The van der Waals surface area contributed by atoms with Crippen molar-refractivity contribution in [3.63, 3.8) is 0 Å². The molecule has 2 rings (SSSR count). The van der Waals surface area contributed by atoms with Crippen LogP contribution >= 0.6 is 15.9 Å². The van der Waals surface area contributed by atoms with Gasteiger partial charge in [0, 0.05) is 29.3 Å². The third-order valence-electron chi connectivity index (χ3n) is 3.13. The lowest BCUT2D eigenvalue weighted by Crippen LogP contribution is -2.31. The van der Waals surface area contributed by atoms with Gasteiger partial charge < -0.3 is 10.5 Å². The Labute approximate surface area is 130 Å². The van der Waals surface area contributed by atoms with Crippen molar-refractivity contribution < 1.29 is 13.5 Å². The lowest BCUT2D eigenvalue weighted by Gasteiger charge is -2.23. The van der Waals surface area contributed by atoms with Crippen molar-refractivity contribution in [2.75, 3.05) is 0 Å². The van der Waals surface area contributed by atoms with Crippen LogP contribution in [-0.4, -0.2) is 15.8 Å². The second-order valence-electron chi connectivity index (χ2n) is 4.76. The lowest BCUT2D eigenvalue weighted by atomic mass is 10.0. The summed E-state index contributed by atoms with van der Waals surface area (Å²) in [7, 11) is 1.76. The minimum atomic E-state index is -1.03. The van der Waals surface area contributed by atoms with E-state index in [0.29, 0.717) is 16.5 Å². The van der Waals surface area contributed by atoms with E-state index >= 15 is 0 Å². The second kappa shape index (κ2) is 6.53. The highest BCUT2D eigenvalue weighted by atomic mass is 79.9. The number of nitrogens with zero attached hydrogens (tertiary/aromatic N) is 2. The highest BCUT2D eigenvalue weighted by Gasteiger charge is 2.24. The SMILES string of the molecule is CCC(N)C(Oc1cc(Br)cc(F)c1F)c1cnn(C)c1. The largest absolute Gasteiger partial charge is 0.481 e. The van der Waals surface area contributed by atoms with E-state index in [0.717, 1.165) is 6.07 Å². The summed E-state index contributed by atoms with van der Waals surface area (Å²) < 4.78 is 34.9. The molecule has 2 N–H and O–H groups in total. The summed E-state index contributed by atoms with van der Waals surface area (Å²) in [6.07, 6.45) is 3.36. The number of hydrogen-bond donors (Lipinski definition) is 1. The average Bonchev–Trinajstić information content (AvgIpc) is 2.86. The zero-order valence-corrected chi connectivity index (χ0v) is 13.3. The number of rotatable bonds is 5. The third kappa shape index (κ3) is 3.59. The molecule has 2 aromatic rings. The monoisotopic (exact) mass is 359 g/mol. The molecule has 0 saturated heterocycles. The molecular weight excluding hydrogens is 344 g/mol. The number of benzene rings is 1. The Hall–Kier alpha value is -1.47. The molecule has 0 aliphatic rings. The Morgan fingerprint density at radius 3 is 2.71 bits per heavy atom. The van der Waals surface area contributed by atoms with E-state index in [-0.39, 0.29) is 11.8 Å². The van der Waals surface area contributed by atoms with E-state index in [1.54, 1.807) is 24.1 Å². The van der Waals surface area contributed by atoms with Crippen LogP contribution in [0.5, 0.6) is 5.75 Å². The number of aryl methyl sites for hydroxylation is 1. The van der Waals surface area contributed by atoms with Crippen molar-refractivity contribution in [2.45, 2.75) is 25.5 Å². The molecule has 1 aromatic heterocycles. The molecule has 0 fully saturated rings. The Morgan fingerprint density at radius 1 is 1.43 bits per heavy atom. The summed E-state index contributed by atoms with van der Waals surface area (Å²) in [5, 5.41) is 4.06. The van der Waals surface area contributed by atoms with Gasteiger partial charge in [-0.2, -0.15) is 9.49 Å². The van der Waals surface area contributed by atoms with Crippen LogP contribution in [0.3, 0.4) is 0 Å². The molecule has 0 aliphatic heterocycles. The van der Waals surface area contributed by atoms with Crippen molar-refractivity contribution in [1.29, 1.82) is 0 Å². The third-order valence-corrected chi connectivity index (χ3v) is 3.59. The van der Waals surface area contributed by atoms with Crippen molar-refractivity contribution in [3.8, 4) is 5.75 Å². The van der Waals surface area contributed by atoms with E-state index in [1.165, 1.54) is 6.07 Å². The summed E-state index contributed by atoms with van der Waals surface area (Å²) in [5.74, 6) is -2.19. The summed E-state index contributed by atoms with van der Waals surface area (Å²) in [5.41, 5.74) is 6.76. The molecule has 0 aliphatic carbocycles. The van der Waals surface area contributed by atoms with Crippen molar-refractivity contribution >= 4 is 15.9 Å². The Bertz CT molecular complexity index is 633. The Morgan fingerprint density at radius 2 is 2.14 bits per heavy atom. The predicted octanol–water partition coefficient (Wildman–Crippen LogP) is 3.32. The molecule has 114 valence electrons. The van der Waals surface area contributed by atoms with Gasteiger partial charge in [-0.15, -0.1) is 0 Å². The molecular formula is C14H16BrF2N3O. The van der Waals surface area contributed by atoms with E-state index in [2.05, 4.69) is 21.0 Å². The van der Waals surface area contributed by atoms with Crippen molar-refractivity contribution in [1.82, 2.24) is 9.78 Å². The normalized spacial score (nSPS) is 14.0. The number of ether oxygens (including phenoxy) is 1. The molecule has 4 nitrogen and oxygen atoms in total. The van der Waals surface area contributed by atoms with Crippen LogP contribution in [0.4, 0.5) is 8.78 Å². The van der Waals surface area contributed by atoms with Gasteiger partial charge in [0.05, 0.1) is 6.20 Å².